The molecule has 1 amide bonds. The third kappa shape index (κ3) is 3.56. The Kier molecular flexibility index (Phi) is 4.57. The Morgan fingerprint density at radius 2 is 2.05 bits per heavy atom. The van der Waals surface area contributed by atoms with Gasteiger partial charge in [-0.2, -0.15) is 0 Å². The molecule has 0 saturated carbocycles. The Hall–Kier alpha value is -1.37. The normalized spacial score (nSPS) is 10.9. The highest BCUT2D eigenvalue weighted by atomic mass is 79.9. The largest absolute Gasteiger partial charge is 0.457 e. The van der Waals surface area contributed by atoms with E-state index in [1.54, 1.807) is 6.07 Å². The van der Waals surface area contributed by atoms with Crippen molar-refractivity contribution in [1.82, 2.24) is 5.48 Å². The summed E-state index contributed by atoms with van der Waals surface area (Å²) in [7, 11) is 0. The van der Waals surface area contributed by atoms with Crippen LogP contribution in [0.4, 0.5) is 0 Å². The molecule has 19 heavy (non-hydrogen) atoms. The molecule has 4 nitrogen and oxygen atoms in total. The van der Waals surface area contributed by atoms with Crippen LogP contribution in [0.3, 0.4) is 0 Å². The average Bonchev–Trinajstić information content (AvgIpc) is 2.84. The Labute approximate surface area is 126 Å². The van der Waals surface area contributed by atoms with Crippen LogP contribution in [-0.2, 0) is 4.79 Å². The van der Waals surface area contributed by atoms with Gasteiger partial charge in [0.05, 0.1) is 0 Å². The predicted molar refractivity (Wildman–Crippen MR) is 78.5 cm³/mol. The lowest BCUT2D eigenvalue weighted by molar-refractivity contribution is -0.124. The SMILES string of the molecule is O=C(/C=C/c1ccc(-c2ccc(Br)cc2Br)o1)NO. The number of hydrogen-bond acceptors (Lipinski definition) is 3. The Morgan fingerprint density at radius 3 is 2.74 bits per heavy atom. The predicted octanol–water partition coefficient (Wildman–Crippen LogP) is 3.99. The minimum Gasteiger partial charge on any atom is -0.457 e. The highest BCUT2D eigenvalue weighted by Crippen LogP contribution is 2.32. The lowest BCUT2D eigenvalue weighted by Gasteiger charge is -2.01. The van der Waals surface area contributed by atoms with Crippen molar-refractivity contribution in [2.75, 3.05) is 0 Å². The third-order valence-electron chi connectivity index (χ3n) is 2.33. The zero-order valence-corrected chi connectivity index (χ0v) is 12.7. The monoisotopic (exact) mass is 385 g/mol. The molecule has 98 valence electrons. The van der Waals surface area contributed by atoms with Gasteiger partial charge < -0.3 is 4.42 Å². The van der Waals surface area contributed by atoms with Crippen LogP contribution >= 0.6 is 31.9 Å². The summed E-state index contributed by atoms with van der Waals surface area (Å²) in [6.45, 7) is 0. The van der Waals surface area contributed by atoms with Crippen LogP contribution in [0.1, 0.15) is 5.76 Å². The Bertz CT molecular complexity index is 635. The van der Waals surface area contributed by atoms with Gasteiger partial charge >= 0.3 is 0 Å². The number of halogens is 2. The second-order valence-electron chi connectivity index (χ2n) is 3.64. The van der Waals surface area contributed by atoms with Gasteiger partial charge in [-0.1, -0.05) is 15.9 Å². The Morgan fingerprint density at radius 1 is 1.26 bits per heavy atom. The van der Waals surface area contributed by atoms with Crippen LogP contribution in [0.25, 0.3) is 17.4 Å². The first-order valence-electron chi connectivity index (χ1n) is 5.27. The molecule has 2 N–H and O–H groups in total. The summed E-state index contributed by atoms with van der Waals surface area (Å²) in [5, 5.41) is 8.37. The van der Waals surface area contributed by atoms with Gasteiger partial charge in [0, 0.05) is 20.6 Å². The van der Waals surface area contributed by atoms with E-state index in [2.05, 4.69) is 31.9 Å². The van der Waals surface area contributed by atoms with Crippen molar-refractivity contribution in [2.45, 2.75) is 0 Å². The van der Waals surface area contributed by atoms with Crippen molar-refractivity contribution in [2.24, 2.45) is 0 Å². The molecular formula is C13H9Br2NO3. The van der Waals surface area contributed by atoms with E-state index in [9.17, 15) is 4.79 Å². The van der Waals surface area contributed by atoms with Crippen molar-refractivity contribution in [3.8, 4) is 11.3 Å². The quantitative estimate of drug-likeness (QED) is 0.476. The minimum atomic E-state index is -0.609. The van der Waals surface area contributed by atoms with E-state index < -0.39 is 5.91 Å². The second-order valence-corrected chi connectivity index (χ2v) is 5.41. The maximum atomic E-state index is 10.9. The molecule has 1 aromatic heterocycles. The Balaban J connectivity index is 2.26. The molecule has 0 spiro atoms. The van der Waals surface area contributed by atoms with Gasteiger partial charge in [0.2, 0.25) is 0 Å². The molecule has 0 aliphatic heterocycles. The molecule has 2 rings (SSSR count). The summed E-state index contributed by atoms with van der Waals surface area (Å²) in [5.41, 5.74) is 2.42. The maximum Gasteiger partial charge on any atom is 0.267 e. The van der Waals surface area contributed by atoms with Crippen molar-refractivity contribution in [3.63, 3.8) is 0 Å². The molecule has 6 heteroatoms. The molecule has 0 aliphatic carbocycles. The number of carbonyl (C=O) groups excluding carboxylic acids is 1. The first kappa shape index (κ1) is 14.0. The van der Waals surface area contributed by atoms with Crippen LogP contribution in [0, 0.1) is 0 Å². The highest BCUT2D eigenvalue weighted by Gasteiger charge is 2.07. The molecule has 0 atom stereocenters. The summed E-state index contributed by atoms with van der Waals surface area (Å²) in [6.07, 6.45) is 2.65. The standard InChI is InChI=1S/C13H9Br2NO3/c14-8-1-4-10(11(15)7-8)12-5-2-9(19-12)3-6-13(17)16-18/h1-7,18H,(H,16,17)/b6-3+. The summed E-state index contributed by atoms with van der Waals surface area (Å²) in [5.74, 6) is 0.597. The van der Waals surface area contributed by atoms with E-state index in [0.29, 0.717) is 11.5 Å². The van der Waals surface area contributed by atoms with Crippen molar-refractivity contribution in [3.05, 3.63) is 51.1 Å². The van der Waals surface area contributed by atoms with E-state index in [-0.39, 0.29) is 0 Å². The molecule has 2 aromatic rings. The zero-order chi connectivity index (χ0) is 13.8. The summed E-state index contributed by atoms with van der Waals surface area (Å²) < 4.78 is 7.46. The van der Waals surface area contributed by atoms with Crippen LogP contribution < -0.4 is 5.48 Å². The molecular weight excluding hydrogens is 378 g/mol. The van der Waals surface area contributed by atoms with E-state index in [1.807, 2.05) is 24.3 Å². The summed E-state index contributed by atoms with van der Waals surface area (Å²) in [4.78, 5) is 10.9. The number of furan rings is 1. The smallest absolute Gasteiger partial charge is 0.267 e. The van der Waals surface area contributed by atoms with Crippen molar-refractivity contribution < 1.29 is 14.4 Å². The topological polar surface area (TPSA) is 62.5 Å². The molecule has 0 saturated heterocycles. The zero-order valence-electron chi connectivity index (χ0n) is 9.56. The van der Waals surface area contributed by atoms with Gasteiger partial charge in [0.15, 0.2) is 0 Å². The number of hydrogen-bond donors (Lipinski definition) is 2. The van der Waals surface area contributed by atoms with Gasteiger partial charge in [-0.05, 0) is 52.3 Å². The lowest BCUT2D eigenvalue weighted by Crippen LogP contribution is -2.14. The first-order chi connectivity index (χ1) is 9.10. The fraction of sp³-hybridized carbons (Fsp3) is 0. The minimum absolute atomic E-state index is 0.522. The molecule has 1 heterocycles. The number of rotatable bonds is 3. The third-order valence-corrected chi connectivity index (χ3v) is 3.48. The van der Waals surface area contributed by atoms with E-state index in [1.165, 1.54) is 17.6 Å². The van der Waals surface area contributed by atoms with Gasteiger partial charge in [-0.25, -0.2) is 5.48 Å². The van der Waals surface area contributed by atoms with Gasteiger partial charge in [0.25, 0.3) is 5.91 Å². The van der Waals surface area contributed by atoms with Gasteiger partial charge in [0.1, 0.15) is 11.5 Å². The molecule has 0 aliphatic rings. The molecule has 1 aromatic carbocycles. The first-order valence-corrected chi connectivity index (χ1v) is 6.86. The molecule has 0 unspecified atom stereocenters. The molecule has 0 bridgehead atoms. The fourth-order valence-electron chi connectivity index (χ4n) is 1.47. The number of hydroxylamine groups is 1. The van der Waals surface area contributed by atoms with Crippen LogP contribution in [0.2, 0.25) is 0 Å². The van der Waals surface area contributed by atoms with Crippen LogP contribution in [0.15, 0.2) is 49.8 Å². The number of carbonyl (C=O) groups is 1. The highest BCUT2D eigenvalue weighted by molar-refractivity contribution is 9.11. The van der Waals surface area contributed by atoms with Crippen molar-refractivity contribution in [1.29, 1.82) is 0 Å². The lowest BCUT2D eigenvalue weighted by atomic mass is 10.2. The van der Waals surface area contributed by atoms with Crippen LogP contribution in [0.5, 0.6) is 0 Å². The number of nitrogens with one attached hydrogen (secondary N) is 1. The number of amides is 1. The van der Waals surface area contributed by atoms with E-state index in [4.69, 9.17) is 9.62 Å². The van der Waals surface area contributed by atoms with Crippen LogP contribution in [-0.4, -0.2) is 11.1 Å². The second kappa shape index (κ2) is 6.18. The van der Waals surface area contributed by atoms with E-state index in [0.717, 1.165) is 14.5 Å². The fourth-order valence-corrected chi connectivity index (χ4v) is 2.71. The maximum absolute atomic E-state index is 10.9. The summed E-state index contributed by atoms with van der Waals surface area (Å²) >= 11 is 6.84. The van der Waals surface area contributed by atoms with Crippen molar-refractivity contribution >= 4 is 43.8 Å². The summed E-state index contributed by atoms with van der Waals surface area (Å²) in [6, 6.07) is 9.31. The molecule has 0 fully saturated rings. The van der Waals surface area contributed by atoms with Gasteiger partial charge in [-0.3, -0.25) is 10.0 Å². The average molecular weight is 387 g/mol. The molecule has 0 radical (unpaired) electrons. The van der Waals surface area contributed by atoms with E-state index >= 15 is 0 Å². The number of benzene rings is 1. The van der Waals surface area contributed by atoms with Gasteiger partial charge in [-0.15, -0.1) is 0 Å².